The molecule has 0 atom stereocenters. The van der Waals surface area contributed by atoms with Crippen LogP contribution >= 0.6 is 11.8 Å². The lowest BCUT2D eigenvalue weighted by atomic mass is 10.2. The molecule has 1 aromatic carbocycles. The van der Waals surface area contributed by atoms with Gasteiger partial charge >= 0.3 is 5.51 Å². The predicted octanol–water partition coefficient (Wildman–Crippen LogP) is 3.58. The number of benzene rings is 1. The molecule has 2 aromatic heterocycles. The topological polar surface area (TPSA) is 66.5 Å². The molecule has 2 N–H and O–H groups in total. The minimum atomic E-state index is -4.29. The highest BCUT2D eigenvalue weighted by molar-refractivity contribution is 8.00. The molecule has 0 aliphatic heterocycles. The zero-order valence-corrected chi connectivity index (χ0v) is 11.9. The number of hydrogen-bond donors (Lipinski definition) is 2. The van der Waals surface area contributed by atoms with Crippen LogP contribution in [-0.2, 0) is 6.54 Å². The van der Waals surface area contributed by atoms with Crippen LogP contribution in [0.1, 0.15) is 5.56 Å². The van der Waals surface area contributed by atoms with Crippen molar-refractivity contribution in [3.8, 4) is 0 Å². The third-order valence-corrected chi connectivity index (χ3v) is 3.53. The Labute approximate surface area is 127 Å². The Bertz CT molecular complexity index is 786. The van der Waals surface area contributed by atoms with Crippen molar-refractivity contribution < 1.29 is 13.2 Å². The number of nitrogens with zero attached hydrogens (tertiary/aromatic N) is 3. The summed E-state index contributed by atoms with van der Waals surface area (Å²) >= 11 is -0.130. The molecule has 0 fully saturated rings. The van der Waals surface area contributed by atoms with Gasteiger partial charge in [0.25, 0.3) is 0 Å². The third-order valence-electron chi connectivity index (χ3n) is 2.81. The molecule has 114 valence electrons. The summed E-state index contributed by atoms with van der Waals surface area (Å²) in [6.45, 7) is 0.339. The van der Waals surface area contributed by atoms with Crippen molar-refractivity contribution in [1.82, 2.24) is 19.9 Å². The highest BCUT2D eigenvalue weighted by Gasteiger charge is 2.29. The fourth-order valence-corrected chi connectivity index (χ4v) is 2.56. The first kappa shape index (κ1) is 14.6. The Morgan fingerprint density at radius 1 is 1.18 bits per heavy atom. The van der Waals surface area contributed by atoms with E-state index in [4.69, 9.17) is 0 Å². The Morgan fingerprint density at radius 3 is 2.86 bits per heavy atom. The molecule has 0 saturated heterocycles. The number of alkyl halides is 3. The van der Waals surface area contributed by atoms with Crippen molar-refractivity contribution >= 4 is 28.7 Å². The molecule has 0 aliphatic carbocycles. The minimum Gasteiger partial charge on any atom is -0.364 e. The third kappa shape index (κ3) is 3.48. The van der Waals surface area contributed by atoms with Crippen molar-refractivity contribution in [1.29, 1.82) is 0 Å². The normalized spacial score (nSPS) is 11.8. The molecule has 5 nitrogen and oxygen atoms in total. The molecule has 0 saturated carbocycles. The number of H-pyrrole nitrogens is 1. The maximum absolute atomic E-state index is 12.4. The molecule has 0 aliphatic rings. The molecule has 2 heterocycles. The van der Waals surface area contributed by atoms with Crippen molar-refractivity contribution in [3.63, 3.8) is 0 Å². The molecular formula is C13H10F3N5S. The Morgan fingerprint density at radius 2 is 2.05 bits per heavy atom. The van der Waals surface area contributed by atoms with Gasteiger partial charge in [0.1, 0.15) is 11.8 Å². The second kappa shape index (κ2) is 5.84. The van der Waals surface area contributed by atoms with Crippen molar-refractivity contribution in [2.75, 3.05) is 5.32 Å². The van der Waals surface area contributed by atoms with Gasteiger partial charge in [-0.05, 0) is 29.5 Å². The number of hydrogen-bond acceptors (Lipinski definition) is 5. The van der Waals surface area contributed by atoms with E-state index in [-0.39, 0.29) is 16.7 Å². The molecule has 0 bridgehead atoms. The summed E-state index contributed by atoms with van der Waals surface area (Å²) in [5.41, 5.74) is -2.39. The SMILES string of the molecule is FC(F)(F)Sc1cccc(CNc2ncnc3[nH]cnc23)c1. The summed E-state index contributed by atoms with van der Waals surface area (Å²) in [4.78, 5) is 15.2. The lowest BCUT2D eigenvalue weighted by Gasteiger charge is -2.09. The molecule has 0 unspecified atom stereocenters. The smallest absolute Gasteiger partial charge is 0.364 e. The van der Waals surface area contributed by atoms with Gasteiger partial charge in [0, 0.05) is 11.4 Å². The van der Waals surface area contributed by atoms with Gasteiger partial charge in [0.2, 0.25) is 0 Å². The van der Waals surface area contributed by atoms with Gasteiger partial charge in [0.15, 0.2) is 11.5 Å². The summed E-state index contributed by atoms with van der Waals surface area (Å²) in [7, 11) is 0. The Hall–Kier alpha value is -2.29. The lowest BCUT2D eigenvalue weighted by molar-refractivity contribution is -0.0328. The number of anilines is 1. The molecule has 22 heavy (non-hydrogen) atoms. The van der Waals surface area contributed by atoms with Gasteiger partial charge in [0.05, 0.1) is 6.33 Å². The predicted molar refractivity (Wildman–Crippen MR) is 77.4 cm³/mol. The standard InChI is InChI=1S/C13H10F3N5S/c14-13(15,16)22-9-3-1-2-8(4-9)5-17-11-10-12(19-6-18-10)21-7-20-11/h1-4,6-7H,5H2,(H2,17,18,19,20,21). The number of aromatic amines is 1. The Balaban J connectivity index is 1.74. The van der Waals surface area contributed by atoms with Gasteiger partial charge in [-0.1, -0.05) is 12.1 Å². The van der Waals surface area contributed by atoms with Gasteiger partial charge in [-0.3, -0.25) is 0 Å². The number of aromatic nitrogens is 4. The van der Waals surface area contributed by atoms with Crippen molar-refractivity contribution in [3.05, 3.63) is 42.5 Å². The number of nitrogens with one attached hydrogen (secondary N) is 2. The van der Waals surface area contributed by atoms with Crippen molar-refractivity contribution in [2.24, 2.45) is 0 Å². The molecule has 0 amide bonds. The first-order valence-electron chi connectivity index (χ1n) is 6.24. The van der Waals surface area contributed by atoms with Crippen LogP contribution < -0.4 is 5.32 Å². The molecule has 9 heteroatoms. The van der Waals surface area contributed by atoms with Crippen LogP contribution in [0.3, 0.4) is 0 Å². The van der Waals surface area contributed by atoms with E-state index in [0.717, 1.165) is 5.56 Å². The highest BCUT2D eigenvalue weighted by atomic mass is 32.2. The average Bonchev–Trinajstić information content (AvgIpc) is 2.92. The molecule has 0 spiro atoms. The zero-order valence-electron chi connectivity index (χ0n) is 11.1. The van der Waals surface area contributed by atoms with E-state index in [1.165, 1.54) is 24.8 Å². The number of fused-ring (bicyclic) bond motifs is 1. The van der Waals surface area contributed by atoms with Gasteiger partial charge < -0.3 is 10.3 Å². The quantitative estimate of drug-likeness (QED) is 0.718. The van der Waals surface area contributed by atoms with E-state index >= 15 is 0 Å². The van der Waals surface area contributed by atoms with Crippen LogP contribution in [0, 0.1) is 0 Å². The van der Waals surface area contributed by atoms with Crippen LogP contribution in [0.5, 0.6) is 0 Å². The van der Waals surface area contributed by atoms with E-state index in [2.05, 4.69) is 25.3 Å². The van der Waals surface area contributed by atoms with Gasteiger partial charge in [-0.25, -0.2) is 15.0 Å². The number of imidazole rings is 1. The van der Waals surface area contributed by atoms with Crippen LogP contribution in [0.2, 0.25) is 0 Å². The fourth-order valence-electron chi connectivity index (χ4n) is 1.93. The minimum absolute atomic E-state index is 0.130. The summed E-state index contributed by atoms with van der Waals surface area (Å²) in [5.74, 6) is 0.528. The van der Waals surface area contributed by atoms with Crippen LogP contribution in [0.15, 0.2) is 41.8 Å². The number of rotatable bonds is 4. The maximum atomic E-state index is 12.4. The largest absolute Gasteiger partial charge is 0.446 e. The van der Waals surface area contributed by atoms with Crippen LogP contribution in [-0.4, -0.2) is 25.4 Å². The van der Waals surface area contributed by atoms with Crippen LogP contribution in [0.4, 0.5) is 19.0 Å². The average molecular weight is 325 g/mol. The summed E-state index contributed by atoms with van der Waals surface area (Å²) < 4.78 is 37.1. The van der Waals surface area contributed by atoms with Crippen LogP contribution in [0.25, 0.3) is 11.2 Å². The van der Waals surface area contributed by atoms with E-state index in [1.54, 1.807) is 12.1 Å². The second-order valence-corrected chi connectivity index (χ2v) is 5.51. The summed E-state index contributed by atoms with van der Waals surface area (Å²) in [6.07, 6.45) is 2.89. The van der Waals surface area contributed by atoms with Gasteiger partial charge in [-0.2, -0.15) is 13.2 Å². The lowest BCUT2D eigenvalue weighted by Crippen LogP contribution is -2.03. The highest BCUT2D eigenvalue weighted by Crippen LogP contribution is 2.37. The van der Waals surface area contributed by atoms with E-state index in [0.29, 0.717) is 23.5 Å². The molecular weight excluding hydrogens is 315 g/mol. The fraction of sp³-hybridized carbons (Fsp3) is 0.154. The molecule has 3 aromatic rings. The summed E-state index contributed by atoms with van der Waals surface area (Å²) in [6, 6.07) is 6.26. The first-order valence-corrected chi connectivity index (χ1v) is 7.05. The zero-order chi connectivity index (χ0) is 15.6. The Kier molecular flexibility index (Phi) is 3.88. The number of thioether (sulfide) groups is 1. The molecule has 0 radical (unpaired) electrons. The maximum Gasteiger partial charge on any atom is 0.446 e. The van der Waals surface area contributed by atoms with E-state index < -0.39 is 5.51 Å². The second-order valence-electron chi connectivity index (χ2n) is 4.37. The first-order chi connectivity index (χ1) is 10.5. The number of halogens is 3. The van der Waals surface area contributed by atoms with Crippen molar-refractivity contribution in [2.45, 2.75) is 16.9 Å². The summed E-state index contributed by atoms with van der Waals surface area (Å²) in [5, 5.41) is 3.06. The van der Waals surface area contributed by atoms with E-state index in [9.17, 15) is 13.2 Å². The van der Waals surface area contributed by atoms with E-state index in [1.807, 2.05) is 0 Å². The van der Waals surface area contributed by atoms with Gasteiger partial charge in [-0.15, -0.1) is 0 Å². The monoisotopic (exact) mass is 325 g/mol. The molecule has 3 rings (SSSR count).